The van der Waals surface area contributed by atoms with E-state index in [4.69, 9.17) is 4.74 Å². The summed E-state index contributed by atoms with van der Waals surface area (Å²) in [6.07, 6.45) is -0.0870. The quantitative estimate of drug-likeness (QED) is 0.780. The highest BCUT2D eigenvalue weighted by molar-refractivity contribution is 6.02. The zero-order valence-electron chi connectivity index (χ0n) is 14.3. The van der Waals surface area contributed by atoms with Gasteiger partial charge in [-0.1, -0.05) is 29.8 Å². The van der Waals surface area contributed by atoms with Gasteiger partial charge < -0.3 is 10.1 Å². The number of fused-ring (bicyclic) bond motifs is 1. The molecule has 1 aliphatic heterocycles. The molecule has 26 heavy (non-hydrogen) atoms. The van der Waals surface area contributed by atoms with Gasteiger partial charge in [0, 0.05) is 5.69 Å². The molecule has 3 aromatic rings. The fourth-order valence-electron chi connectivity index (χ4n) is 2.95. The van der Waals surface area contributed by atoms with E-state index in [-0.39, 0.29) is 17.8 Å². The summed E-state index contributed by atoms with van der Waals surface area (Å²) in [6, 6.07) is 15.6. The van der Waals surface area contributed by atoms with Crippen LogP contribution in [0.25, 0.3) is 0 Å². The minimum atomic E-state index is -0.347. The van der Waals surface area contributed by atoms with Crippen molar-refractivity contribution < 1.29 is 13.9 Å². The number of aromatic nitrogens is 2. The van der Waals surface area contributed by atoms with E-state index < -0.39 is 0 Å². The lowest BCUT2D eigenvalue weighted by molar-refractivity contribution is -0.00119. The van der Waals surface area contributed by atoms with E-state index in [1.54, 1.807) is 6.07 Å². The van der Waals surface area contributed by atoms with Crippen molar-refractivity contribution in [3.05, 3.63) is 82.9 Å². The fraction of sp³-hybridized carbons (Fsp3) is 0.200. The first-order chi connectivity index (χ1) is 12.6. The second-order valence-corrected chi connectivity index (χ2v) is 6.37. The molecule has 1 amide bonds. The summed E-state index contributed by atoms with van der Waals surface area (Å²) in [7, 11) is 0. The molecule has 0 saturated heterocycles. The van der Waals surface area contributed by atoms with Crippen molar-refractivity contribution in [1.82, 2.24) is 9.78 Å². The van der Waals surface area contributed by atoms with Gasteiger partial charge in [-0.3, -0.25) is 9.48 Å². The predicted molar refractivity (Wildman–Crippen MR) is 95.3 cm³/mol. The van der Waals surface area contributed by atoms with Crippen molar-refractivity contribution in [3.63, 3.8) is 0 Å². The number of carbonyl (C=O) groups is 1. The molecular weight excluding hydrogens is 333 g/mol. The van der Waals surface area contributed by atoms with Gasteiger partial charge in [-0.25, -0.2) is 4.39 Å². The number of halogens is 1. The zero-order valence-corrected chi connectivity index (χ0v) is 14.3. The molecule has 2 heterocycles. The summed E-state index contributed by atoms with van der Waals surface area (Å²) < 4.78 is 20.7. The number of ether oxygens (including phenoxy) is 1. The van der Waals surface area contributed by atoms with E-state index in [0.717, 1.165) is 11.3 Å². The van der Waals surface area contributed by atoms with Crippen molar-refractivity contribution in [2.75, 3.05) is 5.32 Å². The van der Waals surface area contributed by atoms with Crippen LogP contribution in [0.2, 0.25) is 0 Å². The maximum atomic E-state index is 13.0. The van der Waals surface area contributed by atoms with Gasteiger partial charge in [-0.15, -0.1) is 0 Å². The van der Waals surface area contributed by atoms with Crippen LogP contribution in [0, 0.1) is 12.7 Å². The Morgan fingerprint density at radius 1 is 1.19 bits per heavy atom. The van der Waals surface area contributed by atoms with E-state index >= 15 is 0 Å². The van der Waals surface area contributed by atoms with E-state index in [9.17, 15) is 9.18 Å². The average molecular weight is 351 g/mol. The summed E-state index contributed by atoms with van der Waals surface area (Å²) in [5.74, 6) is -0.676. The third-order valence-electron chi connectivity index (χ3n) is 4.42. The van der Waals surface area contributed by atoms with Crippen molar-refractivity contribution in [2.24, 2.45) is 0 Å². The number of nitrogens with zero attached hydrogens (tertiary/aromatic N) is 2. The Morgan fingerprint density at radius 2 is 1.92 bits per heavy atom. The molecule has 0 unspecified atom stereocenters. The minimum absolute atomic E-state index is 0.0870. The third kappa shape index (κ3) is 3.36. The van der Waals surface area contributed by atoms with Gasteiger partial charge in [0.25, 0.3) is 5.91 Å². The molecule has 0 spiro atoms. The molecule has 1 atom stereocenters. The van der Waals surface area contributed by atoms with Crippen LogP contribution >= 0.6 is 0 Å². The molecule has 0 fully saturated rings. The first-order valence-electron chi connectivity index (χ1n) is 8.40. The minimum Gasteiger partial charge on any atom is -0.365 e. The Bertz CT molecular complexity index is 933. The largest absolute Gasteiger partial charge is 0.365 e. The van der Waals surface area contributed by atoms with Crippen molar-refractivity contribution >= 4 is 11.6 Å². The lowest BCUT2D eigenvalue weighted by Gasteiger charge is -2.24. The van der Waals surface area contributed by atoms with E-state index in [0.29, 0.717) is 24.5 Å². The molecule has 1 aromatic heterocycles. The van der Waals surface area contributed by atoms with Crippen molar-refractivity contribution in [1.29, 1.82) is 0 Å². The summed E-state index contributed by atoms with van der Waals surface area (Å²) >= 11 is 0. The maximum absolute atomic E-state index is 13.0. The Morgan fingerprint density at radius 3 is 2.65 bits per heavy atom. The Hall–Kier alpha value is -2.99. The number of aryl methyl sites for hydroxylation is 1. The maximum Gasteiger partial charge on any atom is 0.276 e. The normalized spacial score (nSPS) is 16.2. The molecule has 0 bridgehead atoms. The van der Waals surface area contributed by atoms with Gasteiger partial charge >= 0.3 is 0 Å². The van der Waals surface area contributed by atoms with Crippen LogP contribution < -0.4 is 5.32 Å². The zero-order chi connectivity index (χ0) is 18.1. The monoisotopic (exact) mass is 351 g/mol. The molecule has 5 nitrogen and oxygen atoms in total. The molecule has 132 valence electrons. The van der Waals surface area contributed by atoms with Gasteiger partial charge in [-0.05, 0) is 42.8 Å². The molecule has 2 aromatic carbocycles. The van der Waals surface area contributed by atoms with Crippen molar-refractivity contribution in [2.45, 2.75) is 26.2 Å². The number of nitrogens with one attached hydrogen (secondary N) is 1. The first-order valence-corrected chi connectivity index (χ1v) is 8.40. The molecule has 0 radical (unpaired) electrons. The first kappa shape index (κ1) is 16.5. The van der Waals surface area contributed by atoms with Gasteiger partial charge in [0.2, 0.25) is 0 Å². The molecule has 4 rings (SSSR count). The second-order valence-electron chi connectivity index (χ2n) is 6.37. The standard InChI is InChI=1S/C20H18FN3O2/c1-13-2-4-14(5-3-13)19-11-24-17(12-26-19)10-18(23-24)20(25)22-16-8-6-15(21)7-9-16/h2-10,19H,11-12H2,1H3,(H,22,25)/t19-/m0/s1. The Labute approximate surface area is 150 Å². The number of amides is 1. The smallest absolute Gasteiger partial charge is 0.276 e. The summed E-state index contributed by atoms with van der Waals surface area (Å²) in [6.45, 7) is 3.00. The summed E-state index contributed by atoms with van der Waals surface area (Å²) in [4.78, 5) is 12.4. The average Bonchev–Trinajstić information content (AvgIpc) is 3.08. The van der Waals surface area contributed by atoms with Crippen LogP contribution in [-0.4, -0.2) is 15.7 Å². The van der Waals surface area contributed by atoms with Crippen LogP contribution in [0.1, 0.15) is 33.4 Å². The second kappa shape index (κ2) is 6.72. The van der Waals surface area contributed by atoms with Gasteiger partial charge in [0.05, 0.1) is 18.8 Å². The number of benzene rings is 2. The highest BCUT2D eigenvalue weighted by Gasteiger charge is 2.24. The molecule has 1 aliphatic rings. The SMILES string of the molecule is Cc1ccc([C@@H]2Cn3nc(C(=O)Nc4ccc(F)cc4)cc3CO2)cc1. The van der Waals surface area contributed by atoms with Gasteiger partial charge in [0.1, 0.15) is 11.9 Å². The van der Waals surface area contributed by atoms with Crippen LogP contribution in [0.5, 0.6) is 0 Å². The third-order valence-corrected chi connectivity index (χ3v) is 4.42. The fourth-order valence-corrected chi connectivity index (χ4v) is 2.95. The number of hydrogen-bond acceptors (Lipinski definition) is 3. The van der Waals surface area contributed by atoms with Crippen LogP contribution in [0.3, 0.4) is 0 Å². The molecule has 6 heteroatoms. The number of carbonyl (C=O) groups excluding carboxylic acids is 1. The number of anilines is 1. The molecule has 0 aliphatic carbocycles. The van der Waals surface area contributed by atoms with Crippen LogP contribution in [0.4, 0.5) is 10.1 Å². The van der Waals surface area contributed by atoms with Crippen LogP contribution in [-0.2, 0) is 17.9 Å². The predicted octanol–water partition coefficient (Wildman–Crippen LogP) is 3.85. The van der Waals surface area contributed by atoms with E-state index in [1.165, 1.54) is 29.8 Å². The van der Waals surface area contributed by atoms with E-state index in [2.05, 4.69) is 34.7 Å². The van der Waals surface area contributed by atoms with E-state index in [1.807, 2.05) is 11.6 Å². The summed E-state index contributed by atoms with van der Waals surface area (Å²) in [5, 5.41) is 7.13. The van der Waals surface area contributed by atoms with Crippen molar-refractivity contribution in [3.8, 4) is 0 Å². The van der Waals surface area contributed by atoms with Crippen LogP contribution in [0.15, 0.2) is 54.6 Å². The molecule has 0 saturated carbocycles. The van der Waals surface area contributed by atoms with Gasteiger partial charge in [0.15, 0.2) is 5.69 Å². The lowest BCUT2D eigenvalue weighted by atomic mass is 10.1. The molecular formula is C20H18FN3O2. The number of rotatable bonds is 3. The summed E-state index contributed by atoms with van der Waals surface area (Å²) in [5.41, 5.74) is 3.99. The van der Waals surface area contributed by atoms with Gasteiger partial charge in [-0.2, -0.15) is 5.10 Å². The highest BCUT2D eigenvalue weighted by Crippen LogP contribution is 2.27. The number of hydrogen-bond donors (Lipinski definition) is 1. The highest BCUT2D eigenvalue weighted by atomic mass is 19.1. The lowest BCUT2D eigenvalue weighted by Crippen LogP contribution is -2.22. The Kier molecular flexibility index (Phi) is 4.26. The Balaban J connectivity index is 1.49. The topological polar surface area (TPSA) is 56.2 Å². The molecule has 1 N–H and O–H groups in total.